The number of nitrogens with zero attached hydrogens (tertiary/aromatic N) is 5. The van der Waals surface area contributed by atoms with Crippen molar-refractivity contribution in [1.29, 1.82) is 0 Å². The van der Waals surface area contributed by atoms with Gasteiger partial charge in [-0.05, 0) is 50.5 Å². The smallest absolute Gasteiger partial charge is 0.230 e. The number of fused-ring (bicyclic) bond motifs is 1. The maximum Gasteiger partial charge on any atom is 0.230 e. The number of carbonyl (C=O) groups excluding carboxylic acids is 1. The number of aromatic nitrogens is 4. The summed E-state index contributed by atoms with van der Waals surface area (Å²) in [6.45, 7) is 3.90. The predicted octanol–water partition coefficient (Wildman–Crippen LogP) is 4.10. The number of oxazole rings is 1. The van der Waals surface area contributed by atoms with Crippen molar-refractivity contribution in [2.75, 3.05) is 23.3 Å². The normalized spacial score (nSPS) is 14.1. The third kappa shape index (κ3) is 4.21. The number of pyridine rings is 1. The average molecular weight is 431 g/mol. The van der Waals surface area contributed by atoms with Crippen LogP contribution in [0.4, 0.5) is 11.4 Å². The minimum absolute atomic E-state index is 0.132. The zero-order chi connectivity index (χ0) is 22.1. The number of hydrogen-bond acceptors (Lipinski definition) is 6. The van der Waals surface area contributed by atoms with Crippen molar-refractivity contribution in [1.82, 2.24) is 19.7 Å². The van der Waals surface area contributed by atoms with Crippen molar-refractivity contribution in [2.45, 2.75) is 32.6 Å². The van der Waals surface area contributed by atoms with Crippen molar-refractivity contribution in [3.63, 3.8) is 0 Å². The highest BCUT2D eigenvalue weighted by molar-refractivity contribution is 5.99. The summed E-state index contributed by atoms with van der Waals surface area (Å²) in [7, 11) is 1.91. The predicted molar refractivity (Wildman–Crippen MR) is 124 cm³/mol. The maximum absolute atomic E-state index is 12.9. The van der Waals surface area contributed by atoms with E-state index in [0.717, 1.165) is 59.5 Å². The van der Waals surface area contributed by atoms with Gasteiger partial charge in [0, 0.05) is 49.2 Å². The molecule has 0 aliphatic carbocycles. The number of aryl methyl sites for hydroxylation is 2. The van der Waals surface area contributed by atoms with Crippen LogP contribution in [0.5, 0.6) is 0 Å². The monoisotopic (exact) mass is 430 g/mol. The topological polar surface area (TPSA) is 89.1 Å². The summed E-state index contributed by atoms with van der Waals surface area (Å²) in [6.07, 6.45) is 8.97. The Morgan fingerprint density at radius 3 is 2.84 bits per heavy atom. The lowest BCUT2D eigenvalue weighted by Crippen LogP contribution is -2.30. The molecule has 0 bridgehead atoms. The van der Waals surface area contributed by atoms with Gasteiger partial charge in [0.05, 0.1) is 29.0 Å². The van der Waals surface area contributed by atoms with Crippen molar-refractivity contribution in [3.8, 4) is 11.5 Å². The van der Waals surface area contributed by atoms with E-state index in [4.69, 9.17) is 4.42 Å². The number of benzene rings is 1. The first-order valence-electron chi connectivity index (χ1n) is 10.9. The summed E-state index contributed by atoms with van der Waals surface area (Å²) >= 11 is 0. The lowest BCUT2D eigenvalue weighted by Gasteiger charge is -2.30. The van der Waals surface area contributed by atoms with E-state index in [1.54, 1.807) is 10.9 Å². The molecule has 1 fully saturated rings. The van der Waals surface area contributed by atoms with Crippen LogP contribution in [0.15, 0.2) is 47.3 Å². The Morgan fingerprint density at radius 2 is 2.03 bits per heavy atom. The van der Waals surface area contributed by atoms with Crippen LogP contribution < -0.4 is 10.2 Å². The first kappa shape index (κ1) is 20.2. The second kappa shape index (κ2) is 8.45. The third-order valence-corrected chi connectivity index (χ3v) is 5.74. The molecule has 8 nitrogen and oxygen atoms in total. The molecule has 1 aliphatic heterocycles. The molecule has 5 rings (SSSR count). The van der Waals surface area contributed by atoms with Crippen LogP contribution >= 0.6 is 0 Å². The van der Waals surface area contributed by atoms with Crippen LogP contribution in [-0.4, -0.2) is 38.7 Å². The third-order valence-electron chi connectivity index (χ3n) is 5.74. The van der Waals surface area contributed by atoms with Crippen molar-refractivity contribution in [2.24, 2.45) is 7.05 Å². The minimum Gasteiger partial charge on any atom is -0.444 e. The molecule has 1 amide bonds. The summed E-state index contributed by atoms with van der Waals surface area (Å²) < 4.78 is 7.40. The fourth-order valence-corrected chi connectivity index (χ4v) is 4.24. The van der Waals surface area contributed by atoms with E-state index >= 15 is 0 Å². The van der Waals surface area contributed by atoms with Crippen LogP contribution in [0.1, 0.15) is 30.7 Å². The van der Waals surface area contributed by atoms with Gasteiger partial charge in [-0.25, -0.2) is 4.98 Å². The van der Waals surface area contributed by atoms with Gasteiger partial charge >= 0.3 is 0 Å². The van der Waals surface area contributed by atoms with E-state index in [0.29, 0.717) is 11.6 Å². The number of nitrogens with one attached hydrogen (secondary N) is 1. The molecule has 32 heavy (non-hydrogen) atoms. The lowest BCUT2D eigenvalue weighted by molar-refractivity contribution is -0.115. The highest BCUT2D eigenvalue weighted by Crippen LogP contribution is 2.33. The molecule has 1 aromatic carbocycles. The van der Waals surface area contributed by atoms with Gasteiger partial charge in [-0.2, -0.15) is 5.10 Å². The largest absolute Gasteiger partial charge is 0.444 e. The number of amides is 1. The van der Waals surface area contributed by atoms with Gasteiger partial charge in [0.1, 0.15) is 6.26 Å². The molecule has 0 saturated carbocycles. The van der Waals surface area contributed by atoms with Crippen molar-refractivity contribution < 1.29 is 9.21 Å². The number of piperidine rings is 1. The van der Waals surface area contributed by atoms with Gasteiger partial charge in [0.25, 0.3) is 0 Å². The van der Waals surface area contributed by atoms with Gasteiger partial charge < -0.3 is 14.6 Å². The number of hydrogen-bond donors (Lipinski definition) is 1. The van der Waals surface area contributed by atoms with Crippen LogP contribution in [0.3, 0.4) is 0 Å². The Labute approximate surface area is 186 Å². The van der Waals surface area contributed by atoms with Crippen molar-refractivity contribution >= 4 is 28.2 Å². The zero-order valence-corrected chi connectivity index (χ0v) is 18.3. The van der Waals surface area contributed by atoms with Crippen LogP contribution in [-0.2, 0) is 18.3 Å². The second-order valence-corrected chi connectivity index (χ2v) is 8.33. The molecule has 0 unspecified atom stereocenters. The van der Waals surface area contributed by atoms with Crippen LogP contribution in [0.2, 0.25) is 0 Å². The maximum atomic E-state index is 12.9. The van der Waals surface area contributed by atoms with Gasteiger partial charge in [0.15, 0.2) is 0 Å². The fraction of sp³-hybridized carbons (Fsp3) is 0.333. The average Bonchev–Trinajstić information content (AvgIpc) is 3.39. The Kier molecular flexibility index (Phi) is 5.34. The molecule has 1 saturated heterocycles. The first-order valence-corrected chi connectivity index (χ1v) is 10.9. The summed E-state index contributed by atoms with van der Waals surface area (Å²) in [5.74, 6) is 0.353. The molecular formula is C24H26N6O2. The Balaban J connectivity index is 1.37. The molecule has 1 aliphatic rings. The molecular weight excluding hydrogens is 404 g/mol. The first-order chi connectivity index (χ1) is 15.5. The molecule has 164 valence electrons. The molecule has 1 N–H and O–H groups in total. The van der Waals surface area contributed by atoms with E-state index < -0.39 is 0 Å². The van der Waals surface area contributed by atoms with Gasteiger partial charge in [-0.3, -0.25) is 14.5 Å². The lowest BCUT2D eigenvalue weighted by atomic mass is 10.1. The summed E-state index contributed by atoms with van der Waals surface area (Å²) in [5.41, 5.74) is 5.02. The highest BCUT2D eigenvalue weighted by Gasteiger charge is 2.19. The molecule has 0 radical (unpaired) electrons. The standard InChI is InChI=1S/C24H26N6O2/c1-16-10-17(6-7-25-16)24-26-19(15-32-24)12-23(31)27-21-13-20-18(14-29(2)28-20)11-22(21)30-8-4-3-5-9-30/h6-7,10-11,13-15H,3-5,8-9,12H2,1-2H3,(H,27,31). The fourth-order valence-electron chi connectivity index (χ4n) is 4.24. The molecule has 0 spiro atoms. The summed E-state index contributed by atoms with van der Waals surface area (Å²) in [6, 6.07) is 7.84. The molecule has 3 aromatic heterocycles. The Morgan fingerprint density at radius 1 is 1.19 bits per heavy atom. The summed E-state index contributed by atoms with van der Waals surface area (Å²) in [5, 5.41) is 8.67. The number of carbonyl (C=O) groups is 1. The van der Waals surface area contributed by atoms with Gasteiger partial charge in [-0.1, -0.05) is 0 Å². The van der Waals surface area contributed by atoms with E-state index in [-0.39, 0.29) is 12.3 Å². The second-order valence-electron chi connectivity index (χ2n) is 8.33. The van der Waals surface area contributed by atoms with Gasteiger partial charge in [-0.15, -0.1) is 0 Å². The Bertz CT molecular complexity index is 1270. The quantitative estimate of drug-likeness (QED) is 0.513. The molecule has 0 atom stereocenters. The molecule has 8 heteroatoms. The number of rotatable bonds is 5. The van der Waals surface area contributed by atoms with Crippen LogP contribution in [0.25, 0.3) is 22.4 Å². The highest BCUT2D eigenvalue weighted by atomic mass is 16.3. The zero-order valence-electron chi connectivity index (χ0n) is 18.3. The van der Waals surface area contributed by atoms with E-state index in [9.17, 15) is 4.79 Å². The van der Waals surface area contributed by atoms with E-state index in [1.807, 2.05) is 38.4 Å². The van der Waals surface area contributed by atoms with Crippen LogP contribution in [0, 0.1) is 6.92 Å². The molecule has 4 aromatic rings. The van der Waals surface area contributed by atoms with Crippen molar-refractivity contribution in [3.05, 3.63) is 54.3 Å². The SMILES string of the molecule is Cc1cc(-c2nc(CC(=O)Nc3cc4nn(C)cc4cc3N3CCCCC3)co2)ccn1. The summed E-state index contributed by atoms with van der Waals surface area (Å²) in [4.78, 5) is 23.9. The minimum atomic E-state index is -0.135. The van der Waals surface area contributed by atoms with E-state index in [2.05, 4.69) is 31.3 Å². The van der Waals surface area contributed by atoms with E-state index in [1.165, 1.54) is 12.7 Å². The number of anilines is 2. The Hall–Kier alpha value is -3.68. The molecule has 4 heterocycles. The van der Waals surface area contributed by atoms with Gasteiger partial charge in [0.2, 0.25) is 11.8 Å².